The highest BCUT2D eigenvalue weighted by Crippen LogP contribution is 2.47. The second-order valence-electron chi connectivity index (χ2n) is 10.5. The Morgan fingerprint density at radius 3 is 2.51 bits per heavy atom. The fourth-order valence-electron chi connectivity index (χ4n) is 5.18. The van der Waals surface area contributed by atoms with Gasteiger partial charge in [0.2, 0.25) is 5.52 Å². The van der Waals surface area contributed by atoms with Crippen LogP contribution in [0.4, 0.5) is 5.69 Å². The third kappa shape index (κ3) is 8.65. The molecule has 0 amide bonds. The van der Waals surface area contributed by atoms with Crippen molar-refractivity contribution in [3.05, 3.63) is 104 Å². The second kappa shape index (κ2) is 14.6. The lowest BCUT2D eigenvalue weighted by molar-refractivity contribution is -0.669. The average molecular weight is 674 g/mol. The first-order valence-corrected chi connectivity index (χ1v) is 18.4. The van der Waals surface area contributed by atoms with Gasteiger partial charge in [-0.1, -0.05) is 83.6 Å². The van der Waals surface area contributed by atoms with Gasteiger partial charge in [-0.2, -0.15) is 4.57 Å². The Balaban J connectivity index is 1.41. The van der Waals surface area contributed by atoms with E-state index in [1.54, 1.807) is 23.1 Å². The Kier molecular flexibility index (Phi) is 10.9. The lowest BCUT2D eigenvalue weighted by atomic mass is 10.1. The highest BCUT2D eigenvalue weighted by atomic mass is 35.5. The summed E-state index contributed by atoms with van der Waals surface area (Å²) in [7, 11) is -4.23. The minimum Gasteiger partial charge on any atom is -0.748 e. The molecule has 0 fully saturated rings. The van der Waals surface area contributed by atoms with Crippen molar-refractivity contribution in [2.24, 2.45) is 0 Å². The van der Waals surface area contributed by atoms with Crippen LogP contribution in [0.1, 0.15) is 49.6 Å². The Bertz CT molecular complexity index is 1750. The maximum Gasteiger partial charge on any atom is 0.263 e. The predicted octanol–water partition coefficient (Wildman–Crippen LogP) is 9.09. The average Bonchev–Trinajstić information content (AvgIpc) is 3.49. The Hall–Kier alpha value is -2.33. The van der Waals surface area contributed by atoms with Crippen LogP contribution in [-0.4, -0.2) is 25.3 Å². The topological polar surface area (TPSA) is 64.3 Å². The molecule has 4 aromatic rings. The molecule has 0 N–H and O–H groups in total. The lowest BCUT2D eigenvalue weighted by Gasteiger charge is -2.21. The number of halogens is 2. The van der Waals surface area contributed by atoms with Crippen LogP contribution >= 0.6 is 46.3 Å². The van der Waals surface area contributed by atoms with Gasteiger partial charge in [0.15, 0.2) is 6.54 Å². The van der Waals surface area contributed by atoms with E-state index in [1.165, 1.54) is 21.1 Å². The molecular formula is C33H34Cl2N2O3S3. The number of thioether (sulfide) groups is 1. The van der Waals surface area contributed by atoms with E-state index in [-0.39, 0.29) is 5.75 Å². The summed E-state index contributed by atoms with van der Waals surface area (Å²) in [5.74, 6) is -0.350. The van der Waals surface area contributed by atoms with E-state index >= 15 is 0 Å². The van der Waals surface area contributed by atoms with Gasteiger partial charge in [0.1, 0.15) is 4.70 Å². The molecule has 0 unspecified atom stereocenters. The summed E-state index contributed by atoms with van der Waals surface area (Å²) in [6, 6.07) is 22.6. The summed E-state index contributed by atoms with van der Waals surface area (Å²) >= 11 is 16.2. The van der Waals surface area contributed by atoms with Crippen LogP contribution in [0.15, 0.2) is 88.3 Å². The number of hydrogen-bond acceptors (Lipinski definition) is 6. The van der Waals surface area contributed by atoms with Gasteiger partial charge in [0.05, 0.1) is 20.8 Å². The van der Waals surface area contributed by atoms with E-state index in [1.807, 2.05) is 24.3 Å². The van der Waals surface area contributed by atoms with Gasteiger partial charge in [-0.3, -0.25) is 0 Å². The molecule has 10 heteroatoms. The number of aryl methyl sites for hydroxylation is 2. The summed E-state index contributed by atoms with van der Waals surface area (Å²) in [5, 5.41) is 3.63. The summed E-state index contributed by atoms with van der Waals surface area (Å²) in [5.41, 5.74) is 4.71. The molecule has 0 saturated heterocycles. The van der Waals surface area contributed by atoms with E-state index in [2.05, 4.69) is 71.0 Å². The van der Waals surface area contributed by atoms with Crippen molar-refractivity contribution in [3.8, 4) is 0 Å². The van der Waals surface area contributed by atoms with Gasteiger partial charge < -0.3 is 9.45 Å². The van der Waals surface area contributed by atoms with Gasteiger partial charge in [0.25, 0.3) is 5.01 Å². The molecule has 1 aliphatic heterocycles. The van der Waals surface area contributed by atoms with E-state index in [4.69, 9.17) is 23.2 Å². The fourth-order valence-corrected chi connectivity index (χ4v) is 8.36. The van der Waals surface area contributed by atoms with Crippen LogP contribution in [0, 0.1) is 0 Å². The predicted molar refractivity (Wildman–Crippen MR) is 181 cm³/mol. The Morgan fingerprint density at radius 2 is 1.74 bits per heavy atom. The molecule has 5 rings (SSSR count). The van der Waals surface area contributed by atoms with Crippen LogP contribution in [0.2, 0.25) is 10.0 Å². The minimum absolute atomic E-state index is 0.321. The number of aromatic nitrogens is 1. The summed E-state index contributed by atoms with van der Waals surface area (Å²) in [6.07, 6.45) is 9.45. The number of hydrogen-bond donors (Lipinski definition) is 0. The number of thiazole rings is 1. The zero-order valence-corrected chi connectivity index (χ0v) is 27.9. The number of fused-ring (bicyclic) bond motifs is 2. The van der Waals surface area contributed by atoms with Crippen LogP contribution < -0.4 is 9.47 Å². The van der Waals surface area contributed by atoms with Gasteiger partial charge in [-0.15, -0.1) is 0 Å². The zero-order valence-electron chi connectivity index (χ0n) is 24.0. The van der Waals surface area contributed by atoms with E-state index in [0.29, 0.717) is 24.4 Å². The third-order valence-electron chi connectivity index (χ3n) is 7.38. The van der Waals surface area contributed by atoms with Gasteiger partial charge in [-0.25, -0.2) is 8.42 Å². The molecule has 5 nitrogen and oxygen atoms in total. The first-order valence-electron chi connectivity index (χ1n) is 14.5. The summed E-state index contributed by atoms with van der Waals surface area (Å²) in [6.45, 7) is 3.66. The van der Waals surface area contributed by atoms with Crippen molar-refractivity contribution in [1.29, 1.82) is 0 Å². The second-order valence-corrected chi connectivity index (χ2v) is 15.1. The number of nitrogens with zero attached hydrogens (tertiary/aromatic N) is 2. The van der Waals surface area contributed by atoms with Crippen molar-refractivity contribution >= 4 is 78.4 Å². The molecule has 0 bridgehead atoms. The Labute approximate surface area is 272 Å². The quantitative estimate of drug-likeness (QED) is 0.0805. The molecular weight excluding hydrogens is 639 g/mol. The first kappa shape index (κ1) is 32.1. The Morgan fingerprint density at radius 1 is 0.977 bits per heavy atom. The molecule has 1 aromatic heterocycles. The SMILES string of the molecule is CCC(=Cc1sc2ccc(Cl)cc2[n+]1CCCCS(=O)(=O)[O-])C=C1Sc2ccc(Cl)cc2N1CCCCc1ccccc1. The number of benzene rings is 3. The van der Waals surface area contributed by atoms with Crippen LogP contribution in [0.25, 0.3) is 16.3 Å². The standard InChI is InChI=1S/C33H34Cl2N2O3S3/c1-2-24(21-33-37(18-8-9-19-43(38,39)40)29-23-27(35)14-16-31(29)42-33)20-32-36(28-22-26(34)13-15-30(28)41-32)17-7-6-12-25-10-4-3-5-11-25/h3-5,10-11,13-16,20-23H,2,6-9,12,17-19H2,1H3. The largest absolute Gasteiger partial charge is 0.748 e. The maximum atomic E-state index is 11.1. The van der Waals surface area contributed by atoms with Crippen LogP contribution in [0.3, 0.4) is 0 Å². The first-order chi connectivity index (χ1) is 20.7. The highest BCUT2D eigenvalue weighted by Gasteiger charge is 2.26. The number of rotatable bonds is 13. The van der Waals surface area contributed by atoms with E-state index in [0.717, 1.165) is 58.2 Å². The summed E-state index contributed by atoms with van der Waals surface area (Å²) in [4.78, 5) is 3.59. The maximum absolute atomic E-state index is 11.1. The molecule has 0 aliphatic carbocycles. The van der Waals surface area contributed by atoms with Gasteiger partial charge >= 0.3 is 0 Å². The normalized spacial score (nSPS) is 14.7. The molecule has 0 atom stereocenters. The molecule has 0 spiro atoms. The zero-order chi connectivity index (χ0) is 30.4. The highest BCUT2D eigenvalue weighted by molar-refractivity contribution is 8.03. The van der Waals surface area contributed by atoms with E-state index < -0.39 is 10.1 Å². The number of allylic oxidation sites excluding steroid dienone is 2. The smallest absolute Gasteiger partial charge is 0.263 e. The fraction of sp³-hybridized carbons (Fsp3) is 0.303. The minimum atomic E-state index is -4.23. The summed E-state index contributed by atoms with van der Waals surface area (Å²) < 4.78 is 36.7. The molecule has 2 heterocycles. The molecule has 43 heavy (non-hydrogen) atoms. The molecule has 0 saturated carbocycles. The lowest BCUT2D eigenvalue weighted by Crippen LogP contribution is -2.35. The number of anilines is 1. The van der Waals surface area contributed by atoms with Crippen LogP contribution in [-0.2, 0) is 23.1 Å². The van der Waals surface area contributed by atoms with Crippen molar-refractivity contribution in [2.45, 2.75) is 56.9 Å². The van der Waals surface area contributed by atoms with E-state index in [9.17, 15) is 13.0 Å². The van der Waals surface area contributed by atoms with Crippen molar-refractivity contribution in [2.75, 3.05) is 17.2 Å². The third-order valence-corrected chi connectivity index (χ3v) is 10.9. The monoisotopic (exact) mass is 672 g/mol. The van der Waals surface area contributed by atoms with Gasteiger partial charge in [-0.05, 0) is 79.6 Å². The van der Waals surface area contributed by atoms with Crippen LogP contribution in [0.5, 0.6) is 0 Å². The molecule has 1 aliphatic rings. The molecule has 3 aromatic carbocycles. The van der Waals surface area contributed by atoms with Crippen molar-refractivity contribution < 1.29 is 17.5 Å². The molecule has 226 valence electrons. The van der Waals surface area contributed by atoms with Crippen molar-refractivity contribution in [1.82, 2.24) is 0 Å². The molecule has 0 radical (unpaired) electrons. The van der Waals surface area contributed by atoms with Crippen molar-refractivity contribution in [3.63, 3.8) is 0 Å². The number of unbranched alkanes of at least 4 members (excludes halogenated alkanes) is 2. The van der Waals surface area contributed by atoms with Gasteiger partial charge in [0, 0.05) is 45.8 Å².